The molecule has 0 aromatic carbocycles. The van der Waals surface area contributed by atoms with Crippen LogP contribution in [-0.2, 0) is 13.0 Å². The number of fused-ring (bicyclic) bond motifs is 1. The lowest BCUT2D eigenvalue weighted by molar-refractivity contribution is 0.493. The number of imidazole rings is 1. The summed E-state index contributed by atoms with van der Waals surface area (Å²) in [6, 6.07) is 2.85. The van der Waals surface area contributed by atoms with Gasteiger partial charge in [0.2, 0.25) is 0 Å². The third-order valence-corrected chi connectivity index (χ3v) is 4.03. The maximum atomic E-state index is 14.1. The molecule has 0 saturated heterocycles. The molecule has 0 spiro atoms. The van der Waals surface area contributed by atoms with E-state index in [9.17, 15) is 8.78 Å². The highest BCUT2D eigenvalue weighted by atomic mass is 19.1. The van der Waals surface area contributed by atoms with Crippen LogP contribution in [0, 0.1) is 12.7 Å². The molecule has 4 aromatic heterocycles. The second kappa shape index (κ2) is 6.58. The van der Waals surface area contributed by atoms with E-state index in [1.165, 1.54) is 22.8 Å². The molecular formula is C17H15F2N7. The molecule has 4 aromatic rings. The zero-order chi connectivity index (χ0) is 18.1. The average Bonchev–Trinajstić information content (AvgIpc) is 3.23. The number of rotatable bonds is 5. The average molecular weight is 355 g/mol. The topological polar surface area (TPSA) is 73.8 Å². The Morgan fingerprint density at radius 1 is 1.15 bits per heavy atom. The van der Waals surface area contributed by atoms with Gasteiger partial charge in [-0.3, -0.25) is 4.39 Å². The molecule has 0 unspecified atom stereocenters. The molecule has 0 radical (unpaired) electrons. The molecule has 26 heavy (non-hydrogen) atoms. The summed E-state index contributed by atoms with van der Waals surface area (Å²) in [5.74, 6) is 0.511. The van der Waals surface area contributed by atoms with Gasteiger partial charge < -0.3 is 4.57 Å². The summed E-state index contributed by atoms with van der Waals surface area (Å²) in [6.07, 6.45) is 6.51. The number of hydrogen-bond acceptors (Lipinski definition) is 5. The van der Waals surface area contributed by atoms with Gasteiger partial charge in [-0.15, -0.1) is 0 Å². The number of aryl methyl sites for hydroxylation is 2. The van der Waals surface area contributed by atoms with Crippen molar-refractivity contribution in [1.82, 2.24) is 34.1 Å². The fourth-order valence-corrected chi connectivity index (χ4v) is 2.90. The molecule has 4 rings (SSSR count). The van der Waals surface area contributed by atoms with Crippen LogP contribution in [0.2, 0.25) is 0 Å². The van der Waals surface area contributed by atoms with Crippen molar-refractivity contribution in [3.8, 4) is 11.5 Å². The lowest BCUT2D eigenvalue weighted by atomic mass is 10.1. The van der Waals surface area contributed by atoms with E-state index in [1.54, 1.807) is 30.2 Å². The highest BCUT2D eigenvalue weighted by Crippen LogP contribution is 2.21. The van der Waals surface area contributed by atoms with Gasteiger partial charge in [-0.05, 0) is 19.1 Å². The smallest absolute Gasteiger partial charge is 0.162 e. The first-order chi connectivity index (χ1) is 12.7. The SMILES string of the molecule is Cc1nc2c(CCF)c(Cn3ccnc3-c3ncccc3F)ncn2n1. The van der Waals surface area contributed by atoms with Crippen LogP contribution in [0.4, 0.5) is 8.78 Å². The molecular weight excluding hydrogens is 340 g/mol. The number of alkyl halides is 1. The first kappa shape index (κ1) is 16.2. The molecule has 9 heteroatoms. The maximum absolute atomic E-state index is 14.1. The summed E-state index contributed by atoms with van der Waals surface area (Å²) in [6.45, 7) is 1.53. The van der Waals surface area contributed by atoms with Crippen LogP contribution in [0.1, 0.15) is 17.1 Å². The van der Waals surface area contributed by atoms with Gasteiger partial charge in [0.05, 0.1) is 18.9 Å². The molecule has 0 saturated carbocycles. The second-order valence-electron chi connectivity index (χ2n) is 5.75. The summed E-state index contributed by atoms with van der Waals surface area (Å²) in [5, 5.41) is 4.21. The number of halogens is 2. The van der Waals surface area contributed by atoms with Crippen LogP contribution >= 0.6 is 0 Å². The summed E-state index contributed by atoms with van der Waals surface area (Å²) in [4.78, 5) is 17.0. The van der Waals surface area contributed by atoms with Crippen molar-refractivity contribution in [3.63, 3.8) is 0 Å². The highest BCUT2D eigenvalue weighted by Gasteiger charge is 2.17. The van der Waals surface area contributed by atoms with E-state index >= 15 is 0 Å². The molecule has 132 valence electrons. The summed E-state index contributed by atoms with van der Waals surface area (Å²) >= 11 is 0. The van der Waals surface area contributed by atoms with Crippen molar-refractivity contribution >= 4 is 5.65 Å². The Morgan fingerprint density at radius 3 is 2.85 bits per heavy atom. The molecule has 0 bridgehead atoms. The Kier molecular flexibility index (Phi) is 4.11. The van der Waals surface area contributed by atoms with Crippen LogP contribution in [0.25, 0.3) is 17.2 Å². The molecule has 0 aliphatic carbocycles. The Bertz CT molecular complexity index is 1070. The van der Waals surface area contributed by atoms with Crippen molar-refractivity contribution in [2.45, 2.75) is 19.9 Å². The Balaban J connectivity index is 1.78. The van der Waals surface area contributed by atoms with Gasteiger partial charge in [-0.25, -0.2) is 28.8 Å². The molecule has 0 aliphatic heterocycles. The standard InChI is InChI=1S/C17H15F2N7/c1-11-23-16-12(4-5-18)14(22-10-26(16)24-11)9-25-8-7-21-17(25)15-13(19)3-2-6-20-15/h2-3,6-8,10H,4-5,9H2,1H3. The van der Waals surface area contributed by atoms with Crippen molar-refractivity contribution in [2.75, 3.05) is 6.67 Å². The van der Waals surface area contributed by atoms with Crippen molar-refractivity contribution in [2.24, 2.45) is 0 Å². The highest BCUT2D eigenvalue weighted by molar-refractivity contribution is 5.52. The van der Waals surface area contributed by atoms with Gasteiger partial charge in [0, 0.05) is 30.6 Å². The largest absolute Gasteiger partial charge is 0.324 e. The predicted octanol–water partition coefficient (Wildman–Crippen LogP) is 2.39. The molecule has 7 nitrogen and oxygen atoms in total. The quantitative estimate of drug-likeness (QED) is 0.550. The van der Waals surface area contributed by atoms with Crippen molar-refractivity contribution in [1.29, 1.82) is 0 Å². The summed E-state index contributed by atoms with van der Waals surface area (Å²) in [5.41, 5.74) is 2.05. The van der Waals surface area contributed by atoms with Crippen molar-refractivity contribution < 1.29 is 8.78 Å². The lowest BCUT2D eigenvalue weighted by Crippen LogP contribution is -2.10. The van der Waals surface area contributed by atoms with Crippen LogP contribution in [-0.4, -0.2) is 40.8 Å². The molecule has 0 N–H and O–H groups in total. The van der Waals surface area contributed by atoms with E-state index in [0.29, 0.717) is 35.1 Å². The van der Waals surface area contributed by atoms with Gasteiger partial charge in [0.25, 0.3) is 0 Å². The second-order valence-corrected chi connectivity index (χ2v) is 5.75. The first-order valence-corrected chi connectivity index (χ1v) is 8.05. The third kappa shape index (κ3) is 2.81. The lowest BCUT2D eigenvalue weighted by Gasteiger charge is -2.11. The predicted molar refractivity (Wildman–Crippen MR) is 89.7 cm³/mol. The number of hydrogen-bond donors (Lipinski definition) is 0. The third-order valence-electron chi connectivity index (χ3n) is 4.03. The first-order valence-electron chi connectivity index (χ1n) is 8.05. The Labute approximate surface area is 147 Å². The van der Waals surface area contributed by atoms with E-state index < -0.39 is 12.5 Å². The van der Waals surface area contributed by atoms with Gasteiger partial charge in [0.15, 0.2) is 17.3 Å². The zero-order valence-corrected chi connectivity index (χ0v) is 14.0. The molecule has 0 aliphatic rings. The van der Waals surface area contributed by atoms with Gasteiger partial charge >= 0.3 is 0 Å². The van der Waals surface area contributed by atoms with Gasteiger partial charge in [-0.1, -0.05) is 0 Å². The fraction of sp³-hybridized carbons (Fsp3) is 0.235. The Morgan fingerprint density at radius 2 is 2.04 bits per heavy atom. The van der Waals surface area contributed by atoms with E-state index in [4.69, 9.17) is 0 Å². The van der Waals surface area contributed by atoms with E-state index in [2.05, 4.69) is 25.0 Å². The fourth-order valence-electron chi connectivity index (χ4n) is 2.90. The maximum Gasteiger partial charge on any atom is 0.162 e. The van der Waals surface area contributed by atoms with E-state index in [0.717, 1.165) is 0 Å². The molecule has 0 fully saturated rings. The summed E-state index contributed by atoms with van der Waals surface area (Å²) < 4.78 is 30.5. The molecule has 0 amide bonds. The monoisotopic (exact) mass is 355 g/mol. The minimum atomic E-state index is -0.536. The van der Waals surface area contributed by atoms with Crippen LogP contribution in [0.15, 0.2) is 37.1 Å². The van der Waals surface area contributed by atoms with Crippen molar-refractivity contribution in [3.05, 3.63) is 59.9 Å². The van der Waals surface area contributed by atoms with E-state index in [-0.39, 0.29) is 12.1 Å². The van der Waals surface area contributed by atoms with Gasteiger partial charge in [-0.2, -0.15) is 5.10 Å². The summed E-state index contributed by atoms with van der Waals surface area (Å²) in [7, 11) is 0. The number of aromatic nitrogens is 7. The Hall–Kier alpha value is -3.23. The normalized spacial score (nSPS) is 11.3. The minimum absolute atomic E-state index is 0.156. The number of pyridine rings is 1. The minimum Gasteiger partial charge on any atom is -0.324 e. The molecule has 0 atom stereocenters. The number of nitrogens with zero attached hydrogens (tertiary/aromatic N) is 7. The zero-order valence-electron chi connectivity index (χ0n) is 14.0. The molecule has 4 heterocycles. The van der Waals surface area contributed by atoms with E-state index in [1.807, 2.05) is 0 Å². The van der Waals surface area contributed by atoms with Gasteiger partial charge in [0.1, 0.15) is 17.8 Å². The van der Waals surface area contributed by atoms with Crippen LogP contribution in [0.5, 0.6) is 0 Å². The van der Waals surface area contributed by atoms with Crippen LogP contribution < -0.4 is 0 Å². The van der Waals surface area contributed by atoms with Crippen LogP contribution in [0.3, 0.4) is 0 Å².